The predicted octanol–water partition coefficient (Wildman–Crippen LogP) is 5.03. The molecule has 0 saturated carbocycles. The molecule has 2 saturated heterocycles. The lowest BCUT2D eigenvalue weighted by Crippen LogP contribution is -2.59. The molecular formula is C26H48N2O4. The number of unbranched alkanes of at least 4 members (excludes halogenated alkanes) is 5. The van der Waals surface area contributed by atoms with Gasteiger partial charge >= 0.3 is 11.9 Å². The van der Waals surface area contributed by atoms with Crippen LogP contribution in [0.25, 0.3) is 0 Å². The molecule has 32 heavy (non-hydrogen) atoms. The Hall–Kier alpha value is -1.14. The van der Waals surface area contributed by atoms with Gasteiger partial charge in [-0.25, -0.2) is 0 Å². The van der Waals surface area contributed by atoms with Gasteiger partial charge in [-0.05, 0) is 67.2 Å². The van der Waals surface area contributed by atoms with Crippen LogP contribution in [0.1, 0.15) is 119 Å². The SMILES string of the molecule is CC1CC(OC(=O)CCCCCCCCC(=O)OC2CC(C)(C)NC(C)(C)C2)CC(C)N1. The minimum Gasteiger partial charge on any atom is -0.462 e. The van der Waals surface area contributed by atoms with Gasteiger partial charge in [0.2, 0.25) is 0 Å². The first-order valence-electron chi connectivity index (χ1n) is 12.9. The van der Waals surface area contributed by atoms with Gasteiger partial charge in [0.1, 0.15) is 12.2 Å². The van der Waals surface area contributed by atoms with Crippen LogP contribution >= 0.6 is 0 Å². The fourth-order valence-corrected chi connectivity index (χ4v) is 5.65. The molecule has 2 aliphatic rings. The number of nitrogens with one attached hydrogen (secondary N) is 2. The van der Waals surface area contributed by atoms with E-state index in [0.29, 0.717) is 24.9 Å². The third-order valence-corrected chi connectivity index (χ3v) is 6.56. The van der Waals surface area contributed by atoms with E-state index in [-0.39, 0.29) is 35.2 Å². The van der Waals surface area contributed by atoms with Gasteiger partial charge in [-0.3, -0.25) is 9.59 Å². The van der Waals surface area contributed by atoms with Crippen LogP contribution in [-0.4, -0.2) is 47.3 Å². The van der Waals surface area contributed by atoms with E-state index in [1.54, 1.807) is 0 Å². The second kappa shape index (κ2) is 12.4. The first kappa shape index (κ1) is 27.1. The number of ether oxygens (including phenoxy) is 2. The Morgan fingerprint density at radius 1 is 0.719 bits per heavy atom. The number of carbonyl (C=O) groups is 2. The standard InChI is InChI=1S/C26H48N2O4/c1-19-15-21(16-20(2)27-19)31-23(29)13-11-9-7-8-10-12-14-24(30)32-22-17-25(3,4)28-26(5,6)18-22/h19-22,27-28H,7-18H2,1-6H3. The zero-order chi connectivity index (χ0) is 23.8. The molecule has 6 heteroatoms. The van der Waals surface area contributed by atoms with Crippen LogP contribution in [0.5, 0.6) is 0 Å². The van der Waals surface area contributed by atoms with Crippen molar-refractivity contribution in [1.29, 1.82) is 0 Å². The number of carbonyl (C=O) groups excluding carboxylic acids is 2. The predicted molar refractivity (Wildman–Crippen MR) is 129 cm³/mol. The van der Waals surface area contributed by atoms with Crippen molar-refractivity contribution in [2.75, 3.05) is 0 Å². The van der Waals surface area contributed by atoms with Gasteiger partial charge in [-0.15, -0.1) is 0 Å². The molecule has 2 aliphatic heterocycles. The van der Waals surface area contributed by atoms with E-state index in [9.17, 15) is 9.59 Å². The summed E-state index contributed by atoms with van der Waals surface area (Å²) in [5, 5.41) is 7.09. The van der Waals surface area contributed by atoms with Crippen LogP contribution in [0.2, 0.25) is 0 Å². The Balaban J connectivity index is 1.47. The van der Waals surface area contributed by atoms with Gasteiger partial charge in [-0.1, -0.05) is 25.7 Å². The average Bonchev–Trinajstić information content (AvgIpc) is 2.60. The Bertz CT molecular complexity index is 579. The number of piperidine rings is 2. The Morgan fingerprint density at radius 2 is 1.12 bits per heavy atom. The summed E-state index contributed by atoms with van der Waals surface area (Å²) in [6.07, 6.45) is 10.7. The molecular weight excluding hydrogens is 404 g/mol. The Morgan fingerprint density at radius 3 is 1.59 bits per heavy atom. The van der Waals surface area contributed by atoms with Crippen LogP contribution in [0.15, 0.2) is 0 Å². The largest absolute Gasteiger partial charge is 0.462 e. The average molecular weight is 453 g/mol. The highest BCUT2D eigenvalue weighted by atomic mass is 16.5. The van der Waals surface area contributed by atoms with Crippen LogP contribution in [0.4, 0.5) is 0 Å². The molecule has 0 radical (unpaired) electrons. The zero-order valence-corrected chi connectivity index (χ0v) is 21.4. The summed E-state index contributed by atoms with van der Waals surface area (Å²) in [5.74, 6) is -0.115. The molecule has 0 spiro atoms. The molecule has 2 N–H and O–H groups in total. The van der Waals surface area contributed by atoms with Gasteiger partial charge in [0, 0.05) is 48.8 Å². The number of rotatable bonds is 11. The van der Waals surface area contributed by atoms with Crippen LogP contribution in [0, 0.1) is 0 Å². The van der Waals surface area contributed by atoms with Crippen LogP contribution in [-0.2, 0) is 19.1 Å². The maximum Gasteiger partial charge on any atom is 0.306 e. The molecule has 6 nitrogen and oxygen atoms in total. The van der Waals surface area contributed by atoms with E-state index in [1.807, 2.05) is 0 Å². The van der Waals surface area contributed by atoms with Crippen molar-refractivity contribution in [1.82, 2.24) is 10.6 Å². The molecule has 2 fully saturated rings. The summed E-state index contributed by atoms with van der Waals surface area (Å²) >= 11 is 0. The van der Waals surface area contributed by atoms with E-state index in [1.165, 1.54) is 0 Å². The summed E-state index contributed by atoms with van der Waals surface area (Å²) in [5.41, 5.74) is -0.0207. The lowest BCUT2D eigenvalue weighted by atomic mass is 9.81. The first-order chi connectivity index (χ1) is 14.9. The summed E-state index contributed by atoms with van der Waals surface area (Å²) in [6.45, 7) is 13.0. The third kappa shape index (κ3) is 10.7. The first-order valence-corrected chi connectivity index (χ1v) is 12.9. The Kier molecular flexibility index (Phi) is 10.5. The van der Waals surface area contributed by atoms with E-state index in [0.717, 1.165) is 64.2 Å². The molecule has 2 unspecified atom stereocenters. The van der Waals surface area contributed by atoms with Crippen molar-refractivity contribution in [3.8, 4) is 0 Å². The van der Waals surface area contributed by atoms with Crippen molar-refractivity contribution in [3.63, 3.8) is 0 Å². The van der Waals surface area contributed by atoms with Gasteiger partial charge in [-0.2, -0.15) is 0 Å². The zero-order valence-electron chi connectivity index (χ0n) is 21.4. The lowest BCUT2D eigenvalue weighted by Gasteiger charge is -2.45. The fraction of sp³-hybridized carbons (Fsp3) is 0.923. The van der Waals surface area contributed by atoms with Gasteiger partial charge < -0.3 is 20.1 Å². The van der Waals surface area contributed by atoms with E-state index >= 15 is 0 Å². The molecule has 2 rings (SSSR count). The fourth-order valence-electron chi connectivity index (χ4n) is 5.65. The monoisotopic (exact) mass is 452 g/mol. The molecule has 0 amide bonds. The smallest absolute Gasteiger partial charge is 0.306 e. The molecule has 0 aromatic carbocycles. The molecule has 0 bridgehead atoms. The summed E-state index contributed by atoms with van der Waals surface area (Å²) in [4.78, 5) is 24.3. The highest BCUT2D eigenvalue weighted by molar-refractivity contribution is 5.69. The maximum atomic E-state index is 12.2. The number of hydrogen-bond acceptors (Lipinski definition) is 6. The molecule has 186 valence electrons. The van der Waals surface area contributed by atoms with Crippen molar-refractivity contribution in [2.24, 2.45) is 0 Å². The molecule has 0 aliphatic carbocycles. The highest BCUT2D eigenvalue weighted by Gasteiger charge is 2.39. The summed E-state index contributed by atoms with van der Waals surface area (Å²) in [7, 11) is 0. The van der Waals surface area contributed by atoms with Crippen molar-refractivity contribution < 1.29 is 19.1 Å². The molecule has 2 heterocycles. The van der Waals surface area contributed by atoms with E-state index in [4.69, 9.17) is 9.47 Å². The van der Waals surface area contributed by atoms with Crippen molar-refractivity contribution in [2.45, 2.75) is 154 Å². The Labute approximate surface area is 196 Å². The topological polar surface area (TPSA) is 76.7 Å². The molecule has 2 atom stereocenters. The summed E-state index contributed by atoms with van der Waals surface area (Å²) in [6, 6.07) is 0.819. The van der Waals surface area contributed by atoms with Gasteiger partial charge in [0.15, 0.2) is 0 Å². The highest BCUT2D eigenvalue weighted by Crippen LogP contribution is 2.30. The van der Waals surface area contributed by atoms with E-state index in [2.05, 4.69) is 52.2 Å². The maximum absolute atomic E-state index is 12.2. The minimum absolute atomic E-state index is 0.00445. The minimum atomic E-state index is -0.0622. The van der Waals surface area contributed by atoms with Gasteiger partial charge in [0.25, 0.3) is 0 Å². The van der Waals surface area contributed by atoms with Crippen molar-refractivity contribution >= 4 is 11.9 Å². The molecule has 0 aromatic rings. The lowest BCUT2D eigenvalue weighted by molar-refractivity contribution is -0.153. The number of esters is 2. The van der Waals surface area contributed by atoms with E-state index < -0.39 is 0 Å². The molecule has 0 aromatic heterocycles. The van der Waals surface area contributed by atoms with Crippen LogP contribution < -0.4 is 10.6 Å². The second-order valence-corrected chi connectivity index (χ2v) is 11.6. The number of hydrogen-bond donors (Lipinski definition) is 2. The quantitative estimate of drug-likeness (QED) is 0.338. The normalized spacial score (nSPS) is 27.6. The summed E-state index contributed by atoms with van der Waals surface area (Å²) < 4.78 is 11.4. The third-order valence-electron chi connectivity index (χ3n) is 6.56. The van der Waals surface area contributed by atoms with Crippen molar-refractivity contribution in [3.05, 3.63) is 0 Å². The van der Waals surface area contributed by atoms with Crippen LogP contribution in [0.3, 0.4) is 0 Å². The second-order valence-electron chi connectivity index (χ2n) is 11.6. The van der Waals surface area contributed by atoms with Gasteiger partial charge in [0.05, 0.1) is 0 Å².